The minimum absolute atomic E-state index is 0.185. The SMILES string of the molecule is CC(C)(C)c1ccc(-c2ncc(CN)[nH]2)cc1. The van der Waals surface area contributed by atoms with Gasteiger partial charge in [-0.3, -0.25) is 0 Å². The first-order valence-electron chi connectivity index (χ1n) is 5.85. The van der Waals surface area contributed by atoms with Gasteiger partial charge in [0.05, 0.1) is 0 Å². The Labute approximate surface area is 102 Å². The lowest BCUT2D eigenvalue weighted by atomic mass is 9.87. The van der Waals surface area contributed by atoms with E-state index in [0.717, 1.165) is 17.1 Å². The summed E-state index contributed by atoms with van der Waals surface area (Å²) < 4.78 is 0. The molecule has 17 heavy (non-hydrogen) atoms. The number of imidazole rings is 1. The molecule has 3 nitrogen and oxygen atoms in total. The standard InChI is InChI=1S/C14H19N3/c1-14(2,3)11-6-4-10(5-7-11)13-16-9-12(8-15)17-13/h4-7,9H,8,15H2,1-3H3,(H,16,17). The van der Waals surface area contributed by atoms with Crippen molar-refractivity contribution in [2.24, 2.45) is 5.73 Å². The summed E-state index contributed by atoms with van der Waals surface area (Å²) in [6.07, 6.45) is 1.78. The molecule has 1 aromatic heterocycles. The molecule has 0 saturated heterocycles. The Morgan fingerprint density at radius 3 is 2.29 bits per heavy atom. The second-order valence-corrected chi connectivity index (χ2v) is 5.29. The lowest BCUT2D eigenvalue weighted by Gasteiger charge is -2.18. The molecule has 0 amide bonds. The molecule has 2 aromatic rings. The molecule has 3 heteroatoms. The first kappa shape index (κ1) is 11.9. The first-order valence-corrected chi connectivity index (χ1v) is 5.85. The minimum atomic E-state index is 0.185. The predicted molar refractivity (Wildman–Crippen MR) is 70.6 cm³/mol. The number of rotatable bonds is 2. The van der Waals surface area contributed by atoms with Gasteiger partial charge in [-0.15, -0.1) is 0 Å². The van der Waals surface area contributed by atoms with E-state index in [0.29, 0.717) is 6.54 Å². The molecule has 0 radical (unpaired) electrons. The van der Waals surface area contributed by atoms with Crippen LogP contribution in [0.3, 0.4) is 0 Å². The van der Waals surface area contributed by atoms with E-state index in [4.69, 9.17) is 5.73 Å². The van der Waals surface area contributed by atoms with Gasteiger partial charge in [0.25, 0.3) is 0 Å². The number of hydrogen-bond acceptors (Lipinski definition) is 2. The first-order chi connectivity index (χ1) is 8.00. The third-order valence-corrected chi connectivity index (χ3v) is 2.87. The second-order valence-electron chi connectivity index (χ2n) is 5.29. The zero-order valence-corrected chi connectivity index (χ0v) is 10.6. The van der Waals surface area contributed by atoms with Crippen LogP contribution in [-0.2, 0) is 12.0 Å². The van der Waals surface area contributed by atoms with Crippen LogP contribution in [-0.4, -0.2) is 9.97 Å². The maximum absolute atomic E-state index is 5.55. The van der Waals surface area contributed by atoms with Gasteiger partial charge in [-0.25, -0.2) is 4.98 Å². The largest absolute Gasteiger partial charge is 0.341 e. The van der Waals surface area contributed by atoms with Crippen LogP contribution in [0, 0.1) is 0 Å². The van der Waals surface area contributed by atoms with Gasteiger partial charge in [0.2, 0.25) is 0 Å². The van der Waals surface area contributed by atoms with Crippen LogP contribution in [0.2, 0.25) is 0 Å². The van der Waals surface area contributed by atoms with E-state index in [-0.39, 0.29) is 5.41 Å². The van der Waals surface area contributed by atoms with Crippen molar-refractivity contribution >= 4 is 0 Å². The molecule has 0 aliphatic heterocycles. The van der Waals surface area contributed by atoms with Crippen LogP contribution in [0.1, 0.15) is 32.0 Å². The van der Waals surface area contributed by atoms with Crippen molar-refractivity contribution in [3.05, 3.63) is 41.7 Å². The third-order valence-electron chi connectivity index (χ3n) is 2.87. The van der Waals surface area contributed by atoms with Crippen LogP contribution >= 0.6 is 0 Å². The highest BCUT2D eigenvalue weighted by atomic mass is 14.9. The van der Waals surface area contributed by atoms with Crippen molar-refractivity contribution in [2.45, 2.75) is 32.7 Å². The molecule has 90 valence electrons. The van der Waals surface area contributed by atoms with Crippen molar-refractivity contribution < 1.29 is 0 Å². The second kappa shape index (κ2) is 4.34. The summed E-state index contributed by atoms with van der Waals surface area (Å²) in [6, 6.07) is 8.50. The fourth-order valence-electron chi connectivity index (χ4n) is 1.74. The van der Waals surface area contributed by atoms with Gasteiger partial charge in [0.15, 0.2) is 0 Å². The van der Waals surface area contributed by atoms with Crippen molar-refractivity contribution in [2.75, 3.05) is 0 Å². The zero-order valence-electron chi connectivity index (χ0n) is 10.6. The number of nitrogens with two attached hydrogens (primary N) is 1. The number of nitrogens with zero attached hydrogens (tertiary/aromatic N) is 1. The Morgan fingerprint density at radius 2 is 1.82 bits per heavy atom. The predicted octanol–water partition coefficient (Wildman–Crippen LogP) is 2.83. The van der Waals surface area contributed by atoms with Gasteiger partial charge in [0.1, 0.15) is 5.82 Å². The Kier molecular flexibility index (Phi) is 3.03. The molecular weight excluding hydrogens is 210 g/mol. The average Bonchev–Trinajstić information content (AvgIpc) is 2.76. The average molecular weight is 229 g/mol. The van der Waals surface area contributed by atoms with Crippen LogP contribution in [0.25, 0.3) is 11.4 Å². The molecule has 0 atom stereocenters. The van der Waals surface area contributed by atoms with E-state index in [2.05, 4.69) is 55.0 Å². The number of aromatic amines is 1. The summed E-state index contributed by atoms with van der Waals surface area (Å²) in [5, 5.41) is 0. The summed E-state index contributed by atoms with van der Waals surface area (Å²) in [7, 11) is 0. The van der Waals surface area contributed by atoms with Gasteiger partial charge >= 0.3 is 0 Å². The molecule has 3 N–H and O–H groups in total. The number of benzene rings is 1. The highest BCUT2D eigenvalue weighted by Crippen LogP contribution is 2.24. The number of aromatic nitrogens is 2. The highest BCUT2D eigenvalue weighted by Gasteiger charge is 2.13. The topological polar surface area (TPSA) is 54.7 Å². The molecule has 1 heterocycles. The van der Waals surface area contributed by atoms with E-state index in [1.807, 2.05) is 0 Å². The van der Waals surface area contributed by atoms with Crippen molar-refractivity contribution in [1.82, 2.24) is 9.97 Å². The van der Waals surface area contributed by atoms with E-state index < -0.39 is 0 Å². The highest BCUT2D eigenvalue weighted by molar-refractivity contribution is 5.56. The Hall–Kier alpha value is -1.61. The quantitative estimate of drug-likeness (QED) is 0.832. The van der Waals surface area contributed by atoms with E-state index in [1.54, 1.807) is 6.20 Å². The number of nitrogens with one attached hydrogen (secondary N) is 1. The summed E-state index contributed by atoms with van der Waals surface area (Å²) in [5.74, 6) is 0.880. The molecule has 0 aliphatic carbocycles. The van der Waals surface area contributed by atoms with E-state index in [9.17, 15) is 0 Å². The molecule has 0 fully saturated rings. The van der Waals surface area contributed by atoms with Gasteiger partial charge < -0.3 is 10.7 Å². The molecular formula is C14H19N3. The fourth-order valence-corrected chi connectivity index (χ4v) is 1.74. The third kappa shape index (κ3) is 2.56. The zero-order chi connectivity index (χ0) is 12.5. The fraction of sp³-hybridized carbons (Fsp3) is 0.357. The summed E-state index contributed by atoms with van der Waals surface area (Å²) in [5.41, 5.74) is 9.11. The molecule has 0 unspecified atom stereocenters. The van der Waals surface area contributed by atoms with Crippen molar-refractivity contribution in [3.8, 4) is 11.4 Å². The molecule has 0 bridgehead atoms. The van der Waals surface area contributed by atoms with Crippen LogP contribution in [0.4, 0.5) is 0 Å². The van der Waals surface area contributed by atoms with Crippen LogP contribution < -0.4 is 5.73 Å². The van der Waals surface area contributed by atoms with E-state index >= 15 is 0 Å². The lowest BCUT2D eigenvalue weighted by molar-refractivity contribution is 0.590. The van der Waals surface area contributed by atoms with Gasteiger partial charge in [0, 0.05) is 24.0 Å². The van der Waals surface area contributed by atoms with Crippen LogP contribution in [0.15, 0.2) is 30.5 Å². The van der Waals surface area contributed by atoms with Crippen molar-refractivity contribution in [1.29, 1.82) is 0 Å². The minimum Gasteiger partial charge on any atom is -0.341 e. The Balaban J connectivity index is 2.29. The molecule has 0 aliphatic rings. The number of hydrogen-bond donors (Lipinski definition) is 2. The van der Waals surface area contributed by atoms with Crippen LogP contribution in [0.5, 0.6) is 0 Å². The van der Waals surface area contributed by atoms with Gasteiger partial charge in [-0.2, -0.15) is 0 Å². The smallest absolute Gasteiger partial charge is 0.137 e. The monoisotopic (exact) mass is 229 g/mol. The van der Waals surface area contributed by atoms with Gasteiger partial charge in [-0.1, -0.05) is 45.0 Å². The van der Waals surface area contributed by atoms with Crippen molar-refractivity contribution in [3.63, 3.8) is 0 Å². The molecule has 0 saturated carbocycles. The van der Waals surface area contributed by atoms with Gasteiger partial charge in [-0.05, 0) is 11.0 Å². The summed E-state index contributed by atoms with van der Waals surface area (Å²) in [4.78, 5) is 7.51. The summed E-state index contributed by atoms with van der Waals surface area (Å²) >= 11 is 0. The Morgan fingerprint density at radius 1 is 1.18 bits per heavy atom. The maximum Gasteiger partial charge on any atom is 0.137 e. The molecule has 1 aromatic carbocycles. The molecule has 0 spiro atoms. The Bertz CT molecular complexity index is 489. The normalized spacial score (nSPS) is 11.8. The lowest BCUT2D eigenvalue weighted by Crippen LogP contribution is -2.10. The molecule has 2 rings (SSSR count). The maximum atomic E-state index is 5.55. The number of H-pyrrole nitrogens is 1. The van der Waals surface area contributed by atoms with E-state index in [1.165, 1.54) is 5.56 Å². The summed E-state index contributed by atoms with van der Waals surface area (Å²) in [6.45, 7) is 7.12.